The van der Waals surface area contributed by atoms with Crippen molar-refractivity contribution in [3.8, 4) is 0 Å². The summed E-state index contributed by atoms with van der Waals surface area (Å²) in [5.41, 5.74) is 2.76. The molecule has 0 spiro atoms. The van der Waals surface area contributed by atoms with Crippen molar-refractivity contribution >= 4 is 0 Å². The largest absolute Gasteiger partial charge is 0.870 e. The van der Waals surface area contributed by atoms with Crippen LogP contribution >= 0.6 is 0 Å². The maximum absolute atomic E-state index is 2.27. The molecule has 0 saturated heterocycles. The molecule has 0 fully saturated rings. The van der Waals surface area contributed by atoms with Gasteiger partial charge in [-0.05, 0) is 19.4 Å². The van der Waals surface area contributed by atoms with Gasteiger partial charge in [-0.2, -0.15) is 0 Å². The van der Waals surface area contributed by atoms with E-state index in [9.17, 15) is 0 Å². The van der Waals surface area contributed by atoms with E-state index in [0.717, 1.165) is 6.54 Å². The zero-order valence-electron chi connectivity index (χ0n) is 8.75. The minimum atomic E-state index is 0. The average molecular weight is 181 g/mol. The molecule has 13 heavy (non-hydrogen) atoms. The second kappa shape index (κ2) is 5.70. The molecule has 2 heteroatoms. The Bertz CT molecular complexity index is 258. The predicted octanol–water partition coefficient (Wildman–Crippen LogP) is 2.21. The fourth-order valence-corrected chi connectivity index (χ4v) is 1.21. The van der Waals surface area contributed by atoms with Gasteiger partial charge in [0.1, 0.15) is 6.54 Å². The molecule has 1 aromatic heterocycles. The van der Waals surface area contributed by atoms with Crippen LogP contribution in [0.15, 0.2) is 18.5 Å². The van der Waals surface area contributed by atoms with Gasteiger partial charge in [0.15, 0.2) is 12.4 Å². The van der Waals surface area contributed by atoms with Crippen molar-refractivity contribution in [1.82, 2.24) is 0 Å². The van der Waals surface area contributed by atoms with Gasteiger partial charge in [-0.3, -0.25) is 0 Å². The Kier molecular flexibility index (Phi) is 5.31. The number of hydrogen-bond donors (Lipinski definition) is 0. The second-order valence-electron chi connectivity index (χ2n) is 3.40. The molecule has 0 aliphatic heterocycles. The first-order chi connectivity index (χ1) is 5.74. The monoisotopic (exact) mass is 181 g/mol. The lowest BCUT2D eigenvalue weighted by Crippen LogP contribution is -2.33. The number of unbranched alkanes of at least 4 members (excludes halogenated alkanes) is 1. The lowest BCUT2D eigenvalue weighted by atomic mass is 10.2. The number of aryl methyl sites for hydroxylation is 3. The van der Waals surface area contributed by atoms with Crippen LogP contribution in [-0.4, -0.2) is 5.48 Å². The standard InChI is InChI=1S/C11H18N.H2O/c1-4-5-7-12-8-6-10(2)11(3)9-12;/h6,8-9H,4-5,7H2,1-3H3;1H2/q+1;/p-1. The van der Waals surface area contributed by atoms with Crippen LogP contribution in [0.3, 0.4) is 0 Å². The molecular weight excluding hydrogens is 162 g/mol. The Morgan fingerprint density at radius 2 is 1.92 bits per heavy atom. The molecule has 1 N–H and O–H groups in total. The van der Waals surface area contributed by atoms with E-state index in [2.05, 4.69) is 43.8 Å². The van der Waals surface area contributed by atoms with E-state index in [-0.39, 0.29) is 5.48 Å². The Balaban J connectivity index is 0.00000144. The quantitative estimate of drug-likeness (QED) is 0.658. The zero-order valence-corrected chi connectivity index (χ0v) is 8.75. The highest BCUT2D eigenvalue weighted by Gasteiger charge is 2.00. The third-order valence-corrected chi connectivity index (χ3v) is 2.27. The number of rotatable bonds is 3. The molecule has 74 valence electrons. The van der Waals surface area contributed by atoms with E-state index in [1.165, 1.54) is 24.0 Å². The first-order valence-electron chi connectivity index (χ1n) is 4.70. The summed E-state index contributed by atoms with van der Waals surface area (Å²) in [5.74, 6) is 0. The Morgan fingerprint density at radius 3 is 2.46 bits per heavy atom. The third-order valence-electron chi connectivity index (χ3n) is 2.27. The highest BCUT2D eigenvalue weighted by molar-refractivity contribution is 5.16. The summed E-state index contributed by atoms with van der Waals surface area (Å²) in [6.45, 7) is 7.69. The smallest absolute Gasteiger partial charge is 0.171 e. The van der Waals surface area contributed by atoms with Crippen molar-refractivity contribution in [3.05, 3.63) is 29.6 Å². The molecular formula is C11H19NO. The van der Waals surface area contributed by atoms with Crippen LogP contribution < -0.4 is 4.57 Å². The first-order valence-corrected chi connectivity index (χ1v) is 4.70. The fraction of sp³-hybridized carbons (Fsp3) is 0.545. The molecule has 0 aliphatic carbocycles. The first kappa shape index (κ1) is 12.1. The van der Waals surface area contributed by atoms with Gasteiger partial charge in [0.05, 0.1) is 0 Å². The van der Waals surface area contributed by atoms with Crippen molar-refractivity contribution in [2.75, 3.05) is 0 Å². The summed E-state index contributed by atoms with van der Waals surface area (Å²) < 4.78 is 2.27. The number of hydrogen-bond acceptors (Lipinski definition) is 1. The summed E-state index contributed by atoms with van der Waals surface area (Å²) in [6, 6.07) is 2.19. The Morgan fingerprint density at radius 1 is 1.23 bits per heavy atom. The van der Waals surface area contributed by atoms with E-state index in [4.69, 9.17) is 0 Å². The molecule has 0 atom stereocenters. The molecule has 0 bridgehead atoms. The van der Waals surface area contributed by atoms with Crippen LogP contribution in [0.2, 0.25) is 0 Å². The molecule has 0 unspecified atom stereocenters. The van der Waals surface area contributed by atoms with Crippen LogP contribution in [0, 0.1) is 13.8 Å². The molecule has 0 radical (unpaired) electrons. The van der Waals surface area contributed by atoms with Gasteiger partial charge in [-0.1, -0.05) is 13.3 Å². The minimum Gasteiger partial charge on any atom is -0.870 e. The molecule has 1 rings (SSSR count). The van der Waals surface area contributed by atoms with E-state index >= 15 is 0 Å². The van der Waals surface area contributed by atoms with Gasteiger partial charge in [-0.25, -0.2) is 4.57 Å². The minimum absolute atomic E-state index is 0. The molecule has 1 aromatic rings. The van der Waals surface area contributed by atoms with E-state index in [1.54, 1.807) is 0 Å². The summed E-state index contributed by atoms with van der Waals surface area (Å²) >= 11 is 0. The van der Waals surface area contributed by atoms with Crippen LogP contribution in [-0.2, 0) is 6.54 Å². The molecule has 0 amide bonds. The maximum Gasteiger partial charge on any atom is 0.171 e. The highest BCUT2D eigenvalue weighted by Crippen LogP contribution is 2.00. The van der Waals surface area contributed by atoms with Gasteiger partial charge in [-0.15, -0.1) is 0 Å². The van der Waals surface area contributed by atoms with Crippen molar-refractivity contribution in [3.63, 3.8) is 0 Å². The van der Waals surface area contributed by atoms with Crippen molar-refractivity contribution in [1.29, 1.82) is 0 Å². The summed E-state index contributed by atoms with van der Waals surface area (Å²) in [4.78, 5) is 0. The van der Waals surface area contributed by atoms with Gasteiger partial charge >= 0.3 is 0 Å². The Labute approximate surface area is 80.5 Å². The van der Waals surface area contributed by atoms with Crippen LogP contribution in [0.25, 0.3) is 0 Å². The third kappa shape index (κ3) is 3.55. The SMILES string of the molecule is CCCC[n+]1ccc(C)c(C)c1.[OH-]. The lowest BCUT2D eigenvalue weighted by molar-refractivity contribution is -0.697. The maximum atomic E-state index is 2.27. The zero-order chi connectivity index (χ0) is 8.97. The molecule has 1 heterocycles. The summed E-state index contributed by atoms with van der Waals surface area (Å²) in [6.07, 6.45) is 6.93. The molecule has 0 aliphatic rings. The van der Waals surface area contributed by atoms with Crippen LogP contribution in [0.4, 0.5) is 0 Å². The van der Waals surface area contributed by atoms with Gasteiger partial charge in [0.2, 0.25) is 0 Å². The average Bonchev–Trinajstić information content (AvgIpc) is 2.07. The van der Waals surface area contributed by atoms with Crippen molar-refractivity contribution < 1.29 is 10.0 Å². The topological polar surface area (TPSA) is 33.9 Å². The van der Waals surface area contributed by atoms with Gasteiger partial charge < -0.3 is 5.48 Å². The molecule has 0 saturated carbocycles. The number of pyridine rings is 1. The number of nitrogens with zero attached hydrogens (tertiary/aromatic N) is 1. The van der Waals surface area contributed by atoms with E-state index < -0.39 is 0 Å². The van der Waals surface area contributed by atoms with Crippen LogP contribution in [0.1, 0.15) is 30.9 Å². The van der Waals surface area contributed by atoms with Crippen molar-refractivity contribution in [2.45, 2.75) is 40.2 Å². The fourth-order valence-electron chi connectivity index (χ4n) is 1.21. The summed E-state index contributed by atoms with van der Waals surface area (Å²) in [7, 11) is 0. The number of aromatic nitrogens is 1. The second-order valence-corrected chi connectivity index (χ2v) is 3.40. The Hall–Kier alpha value is -0.890. The molecule has 0 aromatic carbocycles. The normalized spacial score (nSPS) is 9.46. The van der Waals surface area contributed by atoms with Gasteiger partial charge in [0, 0.05) is 18.1 Å². The van der Waals surface area contributed by atoms with Crippen molar-refractivity contribution in [2.24, 2.45) is 0 Å². The lowest BCUT2D eigenvalue weighted by Gasteiger charge is -1.98. The predicted molar refractivity (Wildman–Crippen MR) is 53.0 cm³/mol. The van der Waals surface area contributed by atoms with Gasteiger partial charge in [0.25, 0.3) is 0 Å². The van der Waals surface area contributed by atoms with Crippen LogP contribution in [0.5, 0.6) is 0 Å². The molecule has 2 nitrogen and oxygen atoms in total. The van der Waals surface area contributed by atoms with E-state index in [0.29, 0.717) is 0 Å². The highest BCUT2D eigenvalue weighted by atomic mass is 16.0. The van der Waals surface area contributed by atoms with E-state index in [1.807, 2.05) is 0 Å². The summed E-state index contributed by atoms with van der Waals surface area (Å²) in [5, 5.41) is 0.